The first-order valence-corrected chi connectivity index (χ1v) is 8.88. The fourth-order valence-electron chi connectivity index (χ4n) is 2.84. The van der Waals surface area contributed by atoms with Crippen molar-refractivity contribution in [3.8, 4) is 10.4 Å². The first-order chi connectivity index (χ1) is 11.7. The lowest BCUT2D eigenvalue weighted by atomic mass is 10.2. The molecule has 1 aliphatic heterocycles. The molecule has 3 aromatic rings. The van der Waals surface area contributed by atoms with Gasteiger partial charge in [0.2, 0.25) is 5.91 Å². The van der Waals surface area contributed by atoms with Crippen LogP contribution >= 0.6 is 22.9 Å². The summed E-state index contributed by atoms with van der Waals surface area (Å²) < 4.78 is 1.01. The molecule has 5 nitrogen and oxygen atoms in total. The van der Waals surface area contributed by atoms with Crippen molar-refractivity contribution in [3.63, 3.8) is 0 Å². The predicted octanol–water partition coefficient (Wildman–Crippen LogP) is 3.64. The minimum absolute atomic E-state index is 0.138. The van der Waals surface area contributed by atoms with Crippen molar-refractivity contribution in [2.45, 2.75) is 6.92 Å². The average Bonchev–Trinajstić information content (AvgIpc) is 3.18. The molecule has 0 atom stereocenters. The Morgan fingerprint density at radius 2 is 2.04 bits per heavy atom. The molecule has 0 saturated carbocycles. The number of nitrogens with zero attached hydrogens (tertiary/aromatic N) is 4. The van der Waals surface area contributed by atoms with Crippen LogP contribution in [0.2, 0.25) is 5.02 Å². The highest BCUT2D eigenvalue weighted by atomic mass is 35.5. The minimum atomic E-state index is 0.138. The third kappa shape index (κ3) is 2.61. The molecule has 3 heterocycles. The highest BCUT2D eigenvalue weighted by Gasteiger charge is 2.28. The Balaban J connectivity index is 1.75. The number of hydrogen-bond acceptors (Lipinski definition) is 5. The number of anilines is 1. The van der Waals surface area contributed by atoms with Crippen molar-refractivity contribution >= 4 is 44.9 Å². The number of thiophene rings is 1. The predicted molar refractivity (Wildman–Crippen MR) is 97.5 cm³/mol. The molecule has 0 radical (unpaired) electrons. The lowest BCUT2D eigenvalue weighted by molar-refractivity contribution is -0.126. The molecule has 1 aliphatic rings. The summed E-state index contributed by atoms with van der Waals surface area (Å²) in [7, 11) is 0. The molecule has 0 spiro atoms. The van der Waals surface area contributed by atoms with Crippen molar-refractivity contribution in [2.24, 2.45) is 0 Å². The average molecular weight is 359 g/mol. The van der Waals surface area contributed by atoms with Crippen molar-refractivity contribution in [3.05, 3.63) is 41.7 Å². The van der Waals surface area contributed by atoms with E-state index in [1.807, 2.05) is 41.0 Å². The highest BCUT2D eigenvalue weighted by molar-refractivity contribution is 7.22. The third-order valence-electron chi connectivity index (χ3n) is 4.12. The van der Waals surface area contributed by atoms with Gasteiger partial charge in [-0.2, -0.15) is 0 Å². The number of rotatable bonds is 3. The van der Waals surface area contributed by atoms with Crippen LogP contribution in [-0.4, -0.2) is 40.5 Å². The lowest BCUT2D eigenvalue weighted by Crippen LogP contribution is -2.27. The van der Waals surface area contributed by atoms with Crippen molar-refractivity contribution < 1.29 is 4.79 Å². The summed E-state index contributed by atoms with van der Waals surface area (Å²) in [5.41, 5.74) is 2.00. The van der Waals surface area contributed by atoms with E-state index < -0.39 is 0 Å². The number of halogens is 1. The van der Waals surface area contributed by atoms with Crippen LogP contribution in [0.4, 0.5) is 5.82 Å². The van der Waals surface area contributed by atoms with Crippen LogP contribution < -0.4 is 4.90 Å². The van der Waals surface area contributed by atoms with Gasteiger partial charge >= 0.3 is 0 Å². The molecule has 2 aromatic heterocycles. The van der Waals surface area contributed by atoms with Gasteiger partial charge in [-0.15, -0.1) is 11.3 Å². The summed E-state index contributed by atoms with van der Waals surface area (Å²) in [6.45, 7) is 3.65. The van der Waals surface area contributed by atoms with E-state index in [9.17, 15) is 4.79 Å². The van der Waals surface area contributed by atoms with Gasteiger partial charge in [0.25, 0.3) is 0 Å². The maximum Gasteiger partial charge on any atom is 0.243 e. The fraction of sp³-hybridized carbons (Fsp3) is 0.235. The van der Waals surface area contributed by atoms with E-state index in [0.717, 1.165) is 31.5 Å². The fourth-order valence-corrected chi connectivity index (χ4v) is 4.10. The molecule has 1 amide bonds. The molecule has 1 aromatic carbocycles. The number of hydrogen-bond donors (Lipinski definition) is 0. The number of carbonyl (C=O) groups excluding carboxylic acids is 1. The molecule has 0 bridgehead atoms. The van der Waals surface area contributed by atoms with Crippen molar-refractivity contribution in [2.75, 3.05) is 24.7 Å². The van der Waals surface area contributed by atoms with Crippen LogP contribution in [-0.2, 0) is 4.79 Å². The van der Waals surface area contributed by atoms with E-state index in [-0.39, 0.29) is 5.91 Å². The van der Waals surface area contributed by atoms with Crippen LogP contribution in [0, 0.1) is 0 Å². The van der Waals surface area contributed by atoms with E-state index in [2.05, 4.69) is 16.0 Å². The van der Waals surface area contributed by atoms with Crippen LogP contribution in [0.15, 0.2) is 36.7 Å². The summed E-state index contributed by atoms with van der Waals surface area (Å²) in [6.07, 6.45) is 1.56. The van der Waals surface area contributed by atoms with Gasteiger partial charge < -0.3 is 9.80 Å². The Bertz CT molecular complexity index is 909. The highest BCUT2D eigenvalue weighted by Crippen LogP contribution is 2.37. The number of amides is 1. The molecule has 122 valence electrons. The standard InChI is InChI=1S/C17H15ClN4OS/c1-2-21-10-22(8-15(21)23)17-16-13(19-9-20-17)7-14(24-16)11-3-5-12(18)6-4-11/h3-7,9H,2,8,10H2,1H3. The van der Waals surface area contributed by atoms with Gasteiger partial charge in [0.1, 0.15) is 12.9 Å². The molecule has 0 N–H and O–H groups in total. The minimum Gasteiger partial charge on any atom is -0.328 e. The molecule has 0 unspecified atom stereocenters. The smallest absolute Gasteiger partial charge is 0.243 e. The van der Waals surface area contributed by atoms with Gasteiger partial charge in [0, 0.05) is 16.4 Å². The van der Waals surface area contributed by atoms with Crippen LogP contribution in [0.25, 0.3) is 20.7 Å². The number of likely N-dealkylation sites (N-methyl/N-ethyl adjacent to an activating group) is 1. The normalized spacial score (nSPS) is 14.8. The lowest BCUT2D eigenvalue weighted by Gasteiger charge is -2.17. The summed E-state index contributed by atoms with van der Waals surface area (Å²) >= 11 is 7.61. The van der Waals surface area contributed by atoms with E-state index in [4.69, 9.17) is 11.6 Å². The molecule has 24 heavy (non-hydrogen) atoms. The first-order valence-electron chi connectivity index (χ1n) is 7.69. The summed E-state index contributed by atoms with van der Waals surface area (Å²) in [5.74, 6) is 0.966. The Labute approximate surface area is 148 Å². The zero-order valence-electron chi connectivity index (χ0n) is 13.1. The second-order valence-electron chi connectivity index (χ2n) is 5.62. The molecule has 4 rings (SSSR count). The van der Waals surface area contributed by atoms with E-state index >= 15 is 0 Å². The second kappa shape index (κ2) is 6.03. The number of benzene rings is 1. The number of carbonyl (C=O) groups is 1. The summed E-state index contributed by atoms with van der Waals surface area (Å²) in [5, 5.41) is 0.718. The van der Waals surface area contributed by atoms with Crippen LogP contribution in [0.3, 0.4) is 0 Å². The maximum absolute atomic E-state index is 12.0. The second-order valence-corrected chi connectivity index (χ2v) is 7.11. The number of fused-ring (bicyclic) bond motifs is 1. The largest absolute Gasteiger partial charge is 0.328 e. The van der Waals surface area contributed by atoms with Gasteiger partial charge in [-0.3, -0.25) is 4.79 Å². The maximum atomic E-state index is 12.0. The van der Waals surface area contributed by atoms with E-state index in [0.29, 0.717) is 19.8 Å². The van der Waals surface area contributed by atoms with Gasteiger partial charge in [0.05, 0.1) is 16.9 Å². The van der Waals surface area contributed by atoms with Gasteiger partial charge in [-0.1, -0.05) is 23.7 Å². The van der Waals surface area contributed by atoms with Gasteiger partial charge in [-0.25, -0.2) is 9.97 Å². The summed E-state index contributed by atoms with van der Waals surface area (Å²) in [4.78, 5) is 25.8. The Kier molecular flexibility index (Phi) is 3.86. The molecule has 0 aliphatic carbocycles. The Hall–Kier alpha value is -2.18. The quantitative estimate of drug-likeness (QED) is 0.717. The number of aromatic nitrogens is 2. The summed E-state index contributed by atoms with van der Waals surface area (Å²) in [6, 6.07) is 9.82. The molecule has 1 fully saturated rings. The molecule has 7 heteroatoms. The van der Waals surface area contributed by atoms with Crippen LogP contribution in [0.1, 0.15) is 6.92 Å². The van der Waals surface area contributed by atoms with Crippen LogP contribution in [0.5, 0.6) is 0 Å². The topological polar surface area (TPSA) is 49.3 Å². The molecular weight excluding hydrogens is 344 g/mol. The monoisotopic (exact) mass is 358 g/mol. The zero-order valence-corrected chi connectivity index (χ0v) is 14.6. The first kappa shape index (κ1) is 15.4. The van der Waals surface area contributed by atoms with E-state index in [1.165, 1.54) is 0 Å². The molecular formula is C17H15ClN4OS. The third-order valence-corrected chi connectivity index (χ3v) is 5.54. The van der Waals surface area contributed by atoms with Gasteiger partial charge in [-0.05, 0) is 30.7 Å². The Morgan fingerprint density at radius 3 is 2.75 bits per heavy atom. The van der Waals surface area contributed by atoms with Gasteiger partial charge in [0.15, 0.2) is 5.82 Å². The zero-order chi connectivity index (χ0) is 16.7. The van der Waals surface area contributed by atoms with E-state index in [1.54, 1.807) is 17.7 Å². The SMILES string of the molecule is CCN1CN(c2ncnc3cc(-c4ccc(Cl)cc4)sc23)CC1=O. The molecule has 1 saturated heterocycles. The van der Waals surface area contributed by atoms with Crippen molar-refractivity contribution in [1.29, 1.82) is 0 Å². The Morgan fingerprint density at radius 1 is 1.25 bits per heavy atom. The van der Waals surface area contributed by atoms with Crippen molar-refractivity contribution in [1.82, 2.24) is 14.9 Å².